The van der Waals surface area contributed by atoms with Crippen LogP contribution in [0.15, 0.2) is 78.9 Å². The van der Waals surface area contributed by atoms with Crippen molar-refractivity contribution in [3.63, 3.8) is 0 Å². The van der Waals surface area contributed by atoms with E-state index < -0.39 is 16.8 Å². The van der Waals surface area contributed by atoms with Crippen molar-refractivity contribution >= 4 is 17.4 Å². The number of carboxylic acids is 1. The molecule has 0 aliphatic carbocycles. The van der Waals surface area contributed by atoms with Crippen LogP contribution in [-0.4, -0.2) is 21.8 Å². The van der Waals surface area contributed by atoms with Crippen LogP contribution >= 0.6 is 0 Å². The molecule has 0 aliphatic heterocycles. The first-order chi connectivity index (χ1) is 14.9. The summed E-state index contributed by atoms with van der Waals surface area (Å²) in [5.74, 6) is -1.88. The lowest BCUT2D eigenvalue weighted by atomic mass is 9.92. The molecule has 6 nitrogen and oxygen atoms in total. The number of non-ortho nitro benzene ring substituents is 1. The van der Waals surface area contributed by atoms with Gasteiger partial charge in [-0.05, 0) is 48.1 Å². The van der Waals surface area contributed by atoms with Crippen LogP contribution < -0.4 is 0 Å². The van der Waals surface area contributed by atoms with E-state index >= 15 is 0 Å². The second kappa shape index (κ2) is 10.3. The summed E-state index contributed by atoms with van der Waals surface area (Å²) in [6, 6.07) is 22.9. The van der Waals surface area contributed by atoms with Gasteiger partial charge >= 0.3 is 5.97 Å². The Morgan fingerprint density at radius 2 is 1.45 bits per heavy atom. The number of carbonyl (C=O) groups excluding carboxylic acids is 1. The van der Waals surface area contributed by atoms with Crippen molar-refractivity contribution in [2.45, 2.75) is 25.7 Å². The molecule has 0 saturated carbocycles. The number of carbonyl (C=O) groups is 2. The topological polar surface area (TPSA) is 97.5 Å². The number of nitro benzene ring substituents is 1. The number of ketones is 1. The molecule has 0 saturated heterocycles. The van der Waals surface area contributed by atoms with Crippen molar-refractivity contribution in [3.05, 3.63) is 100 Å². The number of nitrogens with zero attached hydrogens (tertiary/aromatic N) is 1. The van der Waals surface area contributed by atoms with Gasteiger partial charge in [-0.15, -0.1) is 0 Å². The summed E-state index contributed by atoms with van der Waals surface area (Å²) in [6.07, 6.45) is 1.88. The van der Waals surface area contributed by atoms with E-state index in [4.69, 9.17) is 0 Å². The minimum atomic E-state index is -0.955. The fraction of sp³-hybridized carbons (Fsp3) is 0.200. The molecule has 31 heavy (non-hydrogen) atoms. The van der Waals surface area contributed by atoms with Gasteiger partial charge in [0, 0.05) is 24.1 Å². The highest BCUT2D eigenvalue weighted by Crippen LogP contribution is 2.24. The summed E-state index contributed by atoms with van der Waals surface area (Å²) >= 11 is 0. The van der Waals surface area contributed by atoms with Crippen LogP contribution in [0.25, 0.3) is 11.1 Å². The number of nitro groups is 1. The van der Waals surface area contributed by atoms with E-state index in [2.05, 4.69) is 0 Å². The molecular formula is C25H23NO5. The Kier molecular flexibility index (Phi) is 7.27. The number of rotatable bonds is 10. The van der Waals surface area contributed by atoms with Gasteiger partial charge in [0.1, 0.15) is 0 Å². The molecule has 3 rings (SSSR count). The maximum atomic E-state index is 12.6. The van der Waals surface area contributed by atoms with E-state index in [-0.39, 0.29) is 17.9 Å². The molecule has 0 aromatic heterocycles. The van der Waals surface area contributed by atoms with Crippen molar-refractivity contribution in [2.24, 2.45) is 5.92 Å². The van der Waals surface area contributed by atoms with E-state index in [0.717, 1.165) is 23.1 Å². The third-order valence-corrected chi connectivity index (χ3v) is 5.26. The Labute approximate surface area is 180 Å². The molecule has 1 atom stereocenters. The number of aryl methyl sites for hydroxylation is 1. The van der Waals surface area contributed by atoms with Gasteiger partial charge in [-0.3, -0.25) is 19.7 Å². The van der Waals surface area contributed by atoms with Gasteiger partial charge in [0.15, 0.2) is 5.78 Å². The van der Waals surface area contributed by atoms with E-state index in [1.807, 2.05) is 30.3 Å². The molecule has 0 amide bonds. The zero-order valence-corrected chi connectivity index (χ0v) is 16.9. The lowest BCUT2D eigenvalue weighted by Gasteiger charge is -2.12. The largest absolute Gasteiger partial charge is 0.481 e. The van der Waals surface area contributed by atoms with Gasteiger partial charge in [0.2, 0.25) is 0 Å². The van der Waals surface area contributed by atoms with Crippen LogP contribution in [0.4, 0.5) is 5.69 Å². The number of hydrogen-bond donors (Lipinski definition) is 1. The van der Waals surface area contributed by atoms with Crippen molar-refractivity contribution in [1.82, 2.24) is 0 Å². The van der Waals surface area contributed by atoms with E-state index in [9.17, 15) is 24.8 Å². The summed E-state index contributed by atoms with van der Waals surface area (Å²) < 4.78 is 0. The second-order valence-electron chi connectivity index (χ2n) is 7.42. The fourth-order valence-corrected chi connectivity index (χ4v) is 3.48. The first-order valence-corrected chi connectivity index (χ1v) is 10.1. The standard InChI is InChI=1S/C25H23NO5/c27-24(17-22(25(28)29)8-4-7-18-5-2-1-3-6-18)21-11-9-19(10-12-21)20-13-15-23(16-14-20)26(30)31/h1-3,5-6,9-16,22H,4,7-8,17H2,(H,28,29). The lowest BCUT2D eigenvalue weighted by Crippen LogP contribution is -2.18. The number of Topliss-reactive ketones (excluding diaryl/α,β-unsaturated/α-hetero) is 1. The Morgan fingerprint density at radius 1 is 0.871 bits per heavy atom. The van der Waals surface area contributed by atoms with Gasteiger partial charge < -0.3 is 5.11 Å². The predicted octanol–water partition coefficient (Wildman–Crippen LogP) is 5.56. The first kappa shape index (κ1) is 21.9. The highest BCUT2D eigenvalue weighted by atomic mass is 16.6. The third kappa shape index (κ3) is 6.09. The highest BCUT2D eigenvalue weighted by molar-refractivity contribution is 5.98. The lowest BCUT2D eigenvalue weighted by molar-refractivity contribution is -0.384. The van der Waals surface area contributed by atoms with Gasteiger partial charge in [0.25, 0.3) is 5.69 Å². The normalized spacial score (nSPS) is 11.6. The average molecular weight is 417 g/mol. The first-order valence-electron chi connectivity index (χ1n) is 10.1. The third-order valence-electron chi connectivity index (χ3n) is 5.26. The van der Waals surface area contributed by atoms with Crippen molar-refractivity contribution < 1.29 is 19.6 Å². The number of carboxylic acid groups (broad SMARTS) is 1. The van der Waals surface area contributed by atoms with Gasteiger partial charge in [-0.25, -0.2) is 0 Å². The summed E-state index contributed by atoms with van der Waals surface area (Å²) in [6.45, 7) is 0. The molecular weight excluding hydrogens is 394 g/mol. The summed E-state index contributed by atoms with van der Waals surface area (Å²) in [4.78, 5) is 34.6. The quantitative estimate of drug-likeness (QED) is 0.265. The van der Waals surface area contributed by atoms with Crippen molar-refractivity contribution in [1.29, 1.82) is 0 Å². The van der Waals surface area contributed by atoms with Crippen LogP contribution in [0, 0.1) is 16.0 Å². The Balaban J connectivity index is 1.60. The Bertz CT molecular complexity index is 1040. The highest BCUT2D eigenvalue weighted by Gasteiger charge is 2.21. The second-order valence-corrected chi connectivity index (χ2v) is 7.42. The molecule has 6 heteroatoms. The zero-order chi connectivity index (χ0) is 22.2. The molecule has 0 bridgehead atoms. The van der Waals surface area contributed by atoms with Crippen molar-refractivity contribution in [2.75, 3.05) is 0 Å². The molecule has 3 aromatic carbocycles. The summed E-state index contributed by atoms with van der Waals surface area (Å²) in [5.41, 5.74) is 3.25. The minimum absolute atomic E-state index is 0.0162. The number of benzene rings is 3. The maximum Gasteiger partial charge on any atom is 0.306 e. The molecule has 0 aliphatic rings. The summed E-state index contributed by atoms with van der Waals surface area (Å²) in [5, 5.41) is 20.3. The fourth-order valence-electron chi connectivity index (χ4n) is 3.48. The Hall–Kier alpha value is -3.80. The van der Waals surface area contributed by atoms with Crippen LogP contribution in [0.5, 0.6) is 0 Å². The van der Waals surface area contributed by atoms with Crippen LogP contribution in [0.3, 0.4) is 0 Å². The molecule has 3 aromatic rings. The minimum Gasteiger partial charge on any atom is -0.481 e. The molecule has 158 valence electrons. The zero-order valence-electron chi connectivity index (χ0n) is 16.9. The van der Waals surface area contributed by atoms with E-state index in [0.29, 0.717) is 18.4 Å². The molecule has 0 fully saturated rings. The van der Waals surface area contributed by atoms with Gasteiger partial charge in [-0.1, -0.05) is 54.6 Å². The van der Waals surface area contributed by atoms with Crippen LogP contribution in [-0.2, 0) is 11.2 Å². The SMILES string of the molecule is O=C(CC(CCCc1ccccc1)C(=O)O)c1ccc(-c2ccc([N+](=O)[O-])cc2)cc1. The molecule has 0 radical (unpaired) electrons. The molecule has 1 N–H and O–H groups in total. The molecule has 1 unspecified atom stereocenters. The monoisotopic (exact) mass is 417 g/mol. The van der Waals surface area contributed by atoms with Crippen LogP contribution in [0.1, 0.15) is 35.2 Å². The summed E-state index contributed by atoms with van der Waals surface area (Å²) in [7, 11) is 0. The number of hydrogen-bond acceptors (Lipinski definition) is 4. The molecule has 0 heterocycles. The van der Waals surface area contributed by atoms with Crippen LogP contribution in [0.2, 0.25) is 0 Å². The maximum absolute atomic E-state index is 12.6. The Morgan fingerprint density at radius 3 is 2.00 bits per heavy atom. The van der Waals surface area contributed by atoms with E-state index in [1.54, 1.807) is 36.4 Å². The molecule has 0 spiro atoms. The van der Waals surface area contributed by atoms with Crippen molar-refractivity contribution in [3.8, 4) is 11.1 Å². The number of aliphatic carboxylic acids is 1. The van der Waals surface area contributed by atoms with Gasteiger partial charge in [-0.2, -0.15) is 0 Å². The van der Waals surface area contributed by atoms with Gasteiger partial charge in [0.05, 0.1) is 10.8 Å². The van der Waals surface area contributed by atoms with E-state index in [1.165, 1.54) is 12.1 Å². The smallest absolute Gasteiger partial charge is 0.306 e. The average Bonchev–Trinajstić information content (AvgIpc) is 2.79. The predicted molar refractivity (Wildman–Crippen MR) is 118 cm³/mol.